The quantitative estimate of drug-likeness (QED) is 0.0204. The Labute approximate surface area is 493 Å². The number of unbranched alkanes of at least 4 members (excludes halogenated alkanes) is 36. The fourth-order valence-corrected chi connectivity index (χ4v) is 11.2. The molecular formula is C67H125NO13. The second-order valence-electron chi connectivity index (χ2n) is 24.0. The van der Waals surface area contributed by atoms with Crippen LogP contribution in [0.2, 0.25) is 0 Å². The van der Waals surface area contributed by atoms with Crippen LogP contribution in [0, 0.1) is 0 Å². The third kappa shape index (κ3) is 37.4. The van der Waals surface area contributed by atoms with Crippen LogP contribution in [0.4, 0.5) is 0 Å². The highest BCUT2D eigenvalue weighted by atomic mass is 16.7. The van der Waals surface area contributed by atoms with Gasteiger partial charge >= 0.3 is 0 Å². The molecular weight excluding hydrogens is 1030 g/mol. The molecule has 0 aromatic rings. The summed E-state index contributed by atoms with van der Waals surface area (Å²) in [6.07, 6.45) is 48.8. The van der Waals surface area contributed by atoms with Gasteiger partial charge in [-0.2, -0.15) is 0 Å². The van der Waals surface area contributed by atoms with Crippen molar-refractivity contribution in [3.8, 4) is 0 Å². The second kappa shape index (κ2) is 52.5. The highest BCUT2D eigenvalue weighted by Crippen LogP contribution is 2.30. The molecule has 0 bridgehead atoms. The van der Waals surface area contributed by atoms with Crippen LogP contribution < -0.4 is 5.32 Å². The van der Waals surface area contributed by atoms with Crippen molar-refractivity contribution >= 4 is 5.91 Å². The summed E-state index contributed by atoms with van der Waals surface area (Å²) in [6, 6.07) is -0.827. The lowest BCUT2D eigenvalue weighted by atomic mass is 9.97. The van der Waals surface area contributed by atoms with Gasteiger partial charge in [-0.1, -0.05) is 269 Å². The zero-order valence-corrected chi connectivity index (χ0v) is 51.5. The van der Waals surface area contributed by atoms with Gasteiger partial charge in [-0.3, -0.25) is 4.79 Å². The maximum Gasteiger partial charge on any atom is 0.220 e. The highest BCUT2D eigenvalue weighted by molar-refractivity contribution is 5.76. The first-order valence-electron chi connectivity index (χ1n) is 33.7. The number of rotatable bonds is 55. The zero-order valence-electron chi connectivity index (χ0n) is 51.5. The molecule has 476 valence electrons. The van der Waals surface area contributed by atoms with Gasteiger partial charge in [-0.15, -0.1) is 0 Å². The summed E-state index contributed by atoms with van der Waals surface area (Å²) in [4.78, 5) is 13.3. The first-order chi connectivity index (χ1) is 39.6. The Kier molecular flexibility index (Phi) is 48.8. The van der Waals surface area contributed by atoms with Gasteiger partial charge in [0.15, 0.2) is 12.6 Å². The molecule has 0 saturated carbocycles. The SMILES string of the molecule is CCCCCCC/C=C\C/C=C\C/C=C\CCCCCCCCCCCCCCCCCCCCC(=O)NC(COC1OC(CO)C(OC2OC(CO)C(O)C(O)C2O)C(O)C1O)C(O)CCCCCCCCCCCCCCCC. The smallest absolute Gasteiger partial charge is 0.220 e. The van der Waals surface area contributed by atoms with Gasteiger partial charge in [0, 0.05) is 6.42 Å². The first kappa shape index (κ1) is 75.3. The predicted octanol–water partition coefficient (Wildman–Crippen LogP) is 13.0. The van der Waals surface area contributed by atoms with Crippen molar-refractivity contribution in [2.24, 2.45) is 0 Å². The van der Waals surface area contributed by atoms with E-state index in [0.29, 0.717) is 12.8 Å². The Morgan fingerprint density at radius 1 is 0.444 bits per heavy atom. The lowest BCUT2D eigenvalue weighted by molar-refractivity contribution is -0.359. The van der Waals surface area contributed by atoms with Crippen LogP contribution in [0.15, 0.2) is 36.5 Å². The fourth-order valence-electron chi connectivity index (χ4n) is 11.2. The van der Waals surface area contributed by atoms with Crippen LogP contribution in [0.3, 0.4) is 0 Å². The van der Waals surface area contributed by atoms with Gasteiger partial charge < -0.3 is 65.1 Å². The minimum absolute atomic E-state index is 0.203. The van der Waals surface area contributed by atoms with Crippen LogP contribution in [-0.4, -0.2) is 140 Å². The fraction of sp³-hybridized carbons (Fsp3) is 0.896. The summed E-state index contributed by atoms with van der Waals surface area (Å²) in [6.45, 7) is 2.87. The lowest BCUT2D eigenvalue weighted by Crippen LogP contribution is -2.65. The molecule has 0 aliphatic carbocycles. The summed E-state index contributed by atoms with van der Waals surface area (Å²) >= 11 is 0. The average Bonchev–Trinajstić information content (AvgIpc) is 3.47. The van der Waals surface area contributed by atoms with E-state index in [-0.39, 0.29) is 12.5 Å². The van der Waals surface area contributed by atoms with Crippen molar-refractivity contribution in [1.29, 1.82) is 0 Å². The molecule has 12 unspecified atom stereocenters. The molecule has 0 aromatic carbocycles. The monoisotopic (exact) mass is 1150 g/mol. The minimum atomic E-state index is -1.78. The normalized spacial score (nSPS) is 24.3. The van der Waals surface area contributed by atoms with E-state index in [2.05, 4.69) is 55.6 Å². The van der Waals surface area contributed by atoms with Crippen molar-refractivity contribution in [1.82, 2.24) is 5.32 Å². The largest absolute Gasteiger partial charge is 0.394 e. The van der Waals surface area contributed by atoms with Crippen LogP contribution in [0.1, 0.15) is 290 Å². The van der Waals surface area contributed by atoms with E-state index in [1.165, 1.54) is 199 Å². The molecule has 2 fully saturated rings. The zero-order chi connectivity index (χ0) is 58.8. The van der Waals surface area contributed by atoms with Crippen LogP contribution in [0.5, 0.6) is 0 Å². The van der Waals surface area contributed by atoms with E-state index in [0.717, 1.165) is 64.2 Å². The summed E-state index contributed by atoms with van der Waals surface area (Å²) < 4.78 is 22.9. The summed E-state index contributed by atoms with van der Waals surface area (Å²) in [5.74, 6) is -0.203. The van der Waals surface area contributed by atoms with Gasteiger partial charge in [0.2, 0.25) is 5.91 Å². The number of hydrogen-bond acceptors (Lipinski definition) is 13. The molecule has 14 heteroatoms. The van der Waals surface area contributed by atoms with Crippen molar-refractivity contribution in [3.63, 3.8) is 0 Å². The number of carbonyl (C=O) groups excluding carboxylic acids is 1. The Hall–Kier alpha value is -1.79. The molecule has 2 rings (SSSR count). The number of amides is 1. The number of aliphatic hydroxyl groups excluding tert-OH is 8. The highest BCUT2D eigenvalue weighted by Gasteiger charge is 2.51. The van der Waals surface area contributed by atoms with E-state index in [9.17, 15) is 45.6 Å². The first-order valence-corrected chi connectivity index (χ1v) is 33.7. The summed E-state index contributed by atoms with van der Waals surface area (Å²) in [5, 5.41) is 87.4. The van der Waals surface area contributed by atoms with E-state index in [1.807, 2.05) is 0 Å². The topological polar surface area (TPSA) is 228 Å². The second-order valence-corrected chi connectivity index (χ2v) is 24.0. The van der Waals surface area contributed by atoms with Crippen molar-refractivity contribution < 1.29 is 64.6 Å². The van der Waals surface area contributed by atoms with Gasteiger partial charge in [-0.25, -0.2) is 0 Å². The Bertz CT molecular complexity index is 1500. The molecule has 2 saturated heterocycles. The van der Waals surface area contributed by atoms with Gasteiger partial charge in [0.1, 0.15) is 48.8 Å². The summed E-state index contributed by atoms with van der Waals surface area (Å²) in [7, 11) is 0. The van der Waals surface area contributed by atoms with E-state index in [1.54, 1.807) is 0 Å². The maximum absolute atomic E-state index is 13.3. The van der Waals surface area contributed by atoms with E-state index in [4.69, 9.17) is 18.9 Å². The molecule has 81 heavy (non-hydrogen) atoms. The number of carbonyl (C=O) groups is 1. The lowest BCUT2D eigenvalue weighted by Gasteiger charge is -2.46. The maximum atomic E-state index is 13.3. The van der Waals surface area contributed by atoms with Crippen LogP contribution in [0.25, 0.3) is 0 Å². The molecule has 0 spiro atoms. The molecule has 0 aromatic heterocycles. The molecule has 14 nitrogen and oxygen atoms in total. The van der Waals surface area contributed by atoms with E-state index >= 15 is 0 Å². The number of ether oxygens (including phenoxy) is 4. The van der Waals surface area contributed by atoms with E-state index < -0.39 is 86.8 Å². The molecule has 2 heterocycles. The molecule has 9 N–H and O–H groups in total. The number of aliphatic hydroxyl groups is 8. The molecule has 0 radical (unpaired) electrons. The van der Waals surface area contributed by atoms with Gasteiger partial charge in [0.25, 0.3) is 0 Å². The standard InChI is InChI=1S/C67H125NO13/c1-3-5-7-9-11-13-15-17-19-20-21-22-23-24-25-26-27-28-29-30-31-32-33-34-35-36-37-39-41-43-45-47-49-51-59(72)68-55(56(71)50-48-46-44-42-40-38-18-16-14-12-10-8-6-4-2)54-78-66-64(77)62(75)65(58(53-70)80-66)81-67-63(76)61(74)60(73)57(52-69)79-67/h15,17,20-21,23-24,55-58,60-67,69-71,73-77H,3-14,16,18-19,22,25-54H2,1-2H3,(H,68,72)/b17-15-,21-20-,24-23-. The van der Waals surface area contributed by atoms with Crippen molar-refractivity contribution in [2.45, 2.75) is 364 Å². The Balaban J connectivity index is 1.61. The van der Waals surface area contributed by atoms with Gasteiger partial charge in [-0.05, 0) is 51.4 Å². The van der Waals surface area contributed by atoms with Crippen LogP contribution >= 0.6 is 0 Å². The Morgan fingerprint density at radius 3 is 1.25 bits per heavy atom. The minimum Gasteiger partial charge on any atom is -0.394 e. The average molecular weight is 1150 g/mol. The molecule has 2 aliphatic heterocycles. The summed E-state index contributed by atoms with van der Waals surface area (Å²) in [5.41, 5.74) is 0. The third-order valence-corrected chi connectivity index (χ3v) is 16.6. The molecule has 1 amide bonds. The van der Waals surface area contributed by atoms with Gasteiger partial charge in [0.05, 0.1) is 32.0 Å². The number of hydrogen-bond donors (Lipinski definition) is 9. The molecule has 2 aliphatic rings. The number of allylic oxidation sites excluding steroid dienone is 6. The number of nitrogens with one attached hydrogen (secondary N) is 1. The van der Waals surface area contributed by atoms with Crippen molar-refractivity contribution in [3.05, 3.63) is 36.5 Å². The third-order valence-electron chi connectivity index (χ3n) is 16.6. The molecule has 12 atom stereocenters. The van der Waals surface area contributed by atoms with Crippen LogP contribution in [-0.2, 0) is 23.7 Å². The Morgan fingerprint density at radius 2 is 0.815 bits per heavy atom. The van der Waals surface area contributed by atoms with Crippen molar-refractivity contribution in [2.75, 3.05) is 19.8 Å². The predicted molar refractivity (Wildman–Crippen MR) is 328 cm³/mol.